The molecule has 2 saturated carbocycles. The molecule has 5 heteroatoms. The molecular formula is C25H30O4S. The van der Waals surface area contributed by atoms with Gasteiger partial charge in [0.05, 0.1) is 11.0 Å². The van der Waals surface area contributed by atoms with Crippen molar-refractivity contribution in [3.63, 3.8) is 0 Å². The maximum atomic E-state index is 12.0. The first-order valence-electron chi connectivity index (χ1n) is 11.1. The third kappa shape index (κ3) is 3.04. The van der Waals surface area contributed by atoms with Crippen LogP contribution in [0.25, 0.3) is 0 Å². The zero-order chi connectivity index (χ0) is 21.3. The fourth-order valence-corrected chi connectivity index (χ4v) is 7.51. The number of ketones is 1. The molecule has 4 aliphatic carbocycles. The van der Waals surface area contributed by atoms with Gasteiger partial charge in [-0.2, -0.15) is 0 Å². The fourth-order valence-electron chi connectivity index (χ4n) is 6.88. The van der Waals surface area contributed by atoms with Crippen molar-refractivity contribution >= 4 is 15.6 Å². The minimum atomic E-state index is -3.23. The zero-order valence-electron chi connectivity index (χ0n) is 17.7. The molecule has 5 rings (SSSR count). The Bertz CT molecular complexity index is 1060. The number of allylic oxidation sites excluding steroid dienone is 4. The van der Waals surface area contributed by atoms with Crippen molar-refractivity contribution in [2.24, 2.45) is 17.3 Å². The highest BCUT2D eigenvalue weighted by Gasteiger charge is 2.56. The van der Waals surface area contributed by atoms with Crippen LogP contribution in [0.4, 0.5) is 0 Å². The average Bonchev–Trinajstić information content (AvgIpc) is 3.01. The second-order valence-electron chi connectivity index (χ2n) is 10.0. The third-order valence-corrected chi connectivity index (χ3v) is 9.52. The number of rotatable bonds is 2. The fraction of sp³-hybridized carbons (Fsp3) is 0.560. The van der Waals surface area contributed by atoms with E-state index in [0.717, 1.165) is 44.1 Å². The van der Waals surface area contributed by atoms with Crippen LogP contribution in [0.2, 0.25) is 0 Å². The highest BCUT2D eigenvalue weighted by Crippen LogP contribution is 2.63. The van der Waals surface area contributed by atoms with Gasteiger partial charge >= 0.3 is 0 Å². The van der Waals surface area contributed by atoms with Crippen LogP contribution >= 0.6 is 0 Å². The maximum Gasteiger partial charge on any atom is 0.175 e. The Hall–Kier alpha value is -1.72. The molecule has 0 saturated heterocycles. The molecule has 160 valence electrons. The Morgan fingerprint density at radius 3 is 2.47 bits per heavy atom. The van der Waals surface area contributed by atoms with Crippen LogP contribution in [0.3, 0.4) is 0 Å². The van der Waals surface area contributed by atoms with Crippen LogP contribution in [0.5, 0.6) is 0 Å². The summed E-state index contributed by atoms with van der Waals surface area (Å²) in [6.45, 7) is 2.25. The van der Waals surface area contributed by atoms with E-state index in [1.165, 1.54) is 23.0 Å². The molecule has 0 aliphatic heterocycles. The minimum absolute atomic E-state index is 0.111. The van der Waals surface area contributed by atoms with Gasteiger partial charge in [0.2, 0.25) is 0 Å². The number of carbonyl (C=O) groups is 1. The summed E-state index contributed by atoms with van der Waals surface area (Å²) in [5, 5.41) is 10.9. The Balaban J connectivity index is 1.65. The van der Waals surface area contributed by atoms with Crippen LogP contribution in [0, 0.1) is 17.3 Å². The van der Waals surface area contributed by atoms with E-state index in [1.54, 1.807) is 12.1 Å². The van der Waals surface area contributed by atoms with Gasteiger partial charge in [0, 0.05) is 18.6 Å². The summed E-state index contributed by atoms with van der Waals surface area (Å²) in [6.07, 6.45) is 9.03. The van der Waals surface area contributed by atoms with E-state index >= 15 is 0 Å². The van der Waals surface area contributed by atoms with Gasteiger partial charge in [0.25, 0.3) is 0 Å². The van der Waals surface area contributed by atoms with Gasteiger partial charge in [-0.1, -0.05) is 24.6 Å². The number of sulfone groups is 1. The Morgan fingerprint density at radius 2 is 1.77 bits per heavy atom. The number of carbonyl (C=O) groups excluding carboxylic acids is 1. The Labute approximate surface area is 179 Å². The van der Waals surface area contributed by atoms with Gasteiger partial charge in [-0.3, -0.25) is 4.79 Å². The molecule has 0 unspecified atom stereocenters. The lowest BCUT2D eigenvalue weighted by Gasteiger charge is -2.52. The standard InChI is InChI=1S/C25H30O4S/c1-25-14-21(15-3-7-18(8-4-15)30(2,28)29)24-19-10-6-17(26)13-16(19)5-9-20(24)22(25)11-12-23(25)27/h3-4,7-8,13,20-23,27H,5-6,9-12,14H2,1-2H3/t20-,21+,22-,23-,25-/m0/s1. The molecule has 1 aromatic carbocycles. The van der Waals surface area contributed by atoms with E-state index in [9.17, 15) is 18.3 Å². The van der Waals surface area contributed by atoms with E-state index in [4.69, 9.17) is 0 Å². The normalized spacial score (nSPS) is 36.1. The van der Waals surface area contributed by atoms with Crippen LogP contribution in [0.15, 0.2) is 52.0 Å². The molecule has 4 aliphatic rings. The van der Waals surface area contributed by atoms with Gasteiger partial charge in [-0.15, -0.1) is 0 Å². The van der Waals surface area contributed by atoms with Crippen molar-refractivity contribution in [1.82, 2.24) is 0 Å². The van der Waals surface area contributed by atoms with Gasteiger partial charge in [-0.25, -0.2) is 8.42 Å². The van der Waals surface area contributed by atoms with E-state index in [2.05, 4.69) is 6.92 Å². The van der Waals surface area contributed by atoms with Crippen LogP contribution in [-0.2, 0) is 14.6 Å². The maximum absolute atomic E-state index is 12.0. The lowest BCUT2D eigenvalue weighted by molar-refractivity contribution is -0.114. The van der Waals surface area contributed by atoms with E-state index < -0.39 is 9.84 Å². The largest absolute Gasteiger partial charge is 0.393 e. The number of hydrogen-bond donors (Lipinski definition) is 1. The number of aliphatic hydroxyl groups is 1. The number of benzene rings is 1. The molecule has 0 radical (unpaired) electrons. The summed E-state index contributed by atoms with van der Waals surface area (Å²) in [6, 6.07) is 7.36. The van der Waals surface area contributed by atoms with Gasteiger partial charge in [0.15, 0.2) is 15.6 Å². The van der Waals surface area contributed by atoms with Crippen molar-refractivity contribution in [2.45, 2.75) is 68.8 Å². The van der Waals surface area contributed by atoms with E-state index in [1.807, 2.05) is 18.2 Å². The summed E-state index contributed by atoms with van der Waals surface area (Å²) in [4.78, 5) is 12.4. The molecule has 30 heavy (non-hydrogen) atoms. The van der Waals surface area contributed by atoms with Crippen molar-refractivity contribution in [1.29, 1.82) is 0 Å². The van der Waals surface area contributed by atoms with Crippen LogP contribution in [-0.4, -0.2) is 31.7 Å². The first-order valence-corrected chi connectivity index (χ1v) is 13.0. The Kier molecular flexibility index (Phi) is 4.64. The lowest BCUT2D eigenvalue weighted by atomic mass is 9.53. The van der Waals surface area contributed by atoms with E-state index in [-0.39, 0.29) is 23.2 Å². The average molecular weight is 427 g/mol. The van der Waals surface area contributed by atoms with Crippen LogP contribution in [0.1, 0.15) is 63.4 Å². The van der Waals surface area contributed by atoms with Gasteiger partial charge in [0.1, 0.15) is 0 Å². The molecule has 1 N–H and O–H groups in total. The molecule has 0 aromatic heterocycles. The second-order valence-corrected chi connectivity index (χ2v) is 12.0. The predicted molar refractivity (Wildman–Crippen MR) is 116 cm³/mol. The molecule has 0 bridgehead atoms. The monoisotopic (exact) mass is 426 g/mol. The smallest absolute Gasteiger partial charge is 0.175 e. The zero-order valence-corrected chi connectivity index (χ0v) is 18.5. The third-order valence-electron chi connectivity index (χ3n) is 8.39. The molecule has 0 amide bonds. The van der Waals surface area contributed by atoms with Gasteiger partial charge in [-0.05, 0) is 90.7 Å². The number of hydrogen-bond acceptors (Lipinski definition) is 4. The predicted octanol–water partition coefficient (Wildman–Crippen LogP) is 4.35. The molecule has 0 heterocycles. The first kappa shape index (κ1) is 20.2. The summed E-state index contributed by atoms with van der Waals surface area (Å²) in [5.41, 5.74) is 5.10. The summed E-state index contributed by atoms with van der Waals surface area (Å²) >= 11 is 0. The Morgan fingerprint density at radius 1 is 1.03 bits per heavy atom. The van der Waals surface area contributed by atoms with Crippen LogP contribution < -0.4 is 0 Å². The first-order chi connectivity index (χ1) is 14.2. The van der Waals surface area contributed by atoms with Crippen molar-refractivity contribution in [3.05, 3.63) is 52.6 Å². The molecule has 2 fully saturated rings. The second kappa shape index (κ2) is 6.89. The van der Waals surface area contributed by atoms with Crippen molar-refractivity contribution in [2.75, 3.05) is 6.26 Å². The lowest BCUT2D eigenvalue weighted by Crippen LogP contribution is -2.45. The minimum Gasteiger partial charge on any atom is -0.393 e. The molecular weight excluding hydrogens is 396 g/mol. The molecule has 4 nitrogen and oxygen atoms in total. The molecule has 0 spiro atoms. The molecule has 1 aromatic rings. The highest BCUT2D eigenvalue weighted by molar-refractivity contribution is 7.90. The van der Waals surface area contributed by atoms with Crippen molar-refractivity contribution < 1.29 is 18.3 Å². The highest BCUT2D eigenvalue weighted by atomic mass is 32.2. The summed E-state index contributed by atoms with van der Waals surface area (Å²) in [7, 11) is -3.23. The molecule has 5 atom stereocenters. The van der Waals surface area contributed by atoms with Crippen molar-refractivity contribution in [3.8, 4) is 0 Å². The summed E-state index contributed by atoms with van der Waals surface area (Å²) in [5.74, 6) is 1.34. The topological polar surface area (TPSA) is 71.4 Å². The van der Waals surface area contributed by atoms with Gasteiger partial charge < -0.3 is 5.11 Å². The number of fused-ring (bicyclic) bond motifs is 4. The van der Waals surface area contributed by atoms with E-state index in [0.29, 0.717) is 23.2 Å². The SMILES string of the molecule is C[C@]12C[C@H](c3ccc(S(C)(=O)=O)cc3)C3=C4CCC(=O)C=C4CC[C@H]3[C@@H]1CC[C@@H]2O. The number of aliphatic hydroxyl groups excluding tert-OH is 1. The quantitative estimate of drug-likeness (QED) is 0.763. The summed E-state index contributed by atoms with van der Waals surface area (Å²) < 4.78 is 23.9.